The standard InChI is InChI=1S/C56H39N3OS/c1-56(2)49-22-11-9-20-43(49)45-29-30-47-46(53(45)56)31-32-50-54(47)61-55(57-50)36-24-26-39(27-25-36)59(42-28-33-52-48(35-42)44-21-10-12-23-51(44)60-52)41-19-13-18-40(34-41)58(37-14-5-3-6-15-37)38-16-7-4-8-17-38/h3-35H,1-2H3. The van der Waals surface area contributed by atoms with E-state index >= 15 is 0 Å². The Morgan fingerprint density at radius 1 is 0.443 bits per heavy atom. The molecule has 0 amide bonds. The van der Waals surface area contributed by atoms with Gasteiger partial charge in [0, 0.05) is 61.3 Å². The number of fused-ring (bicyclic) bond motifs is 10. The highest BCUT2D eigenvalue weighted by molar-refractivity contribution is 7.22. The van der Waals surface area contributed by atoms with Crippen molar-refractivity contribution in [2.45, 2.75) is 19.3 Å². The number of anilines is 6. The molecule has 290 valence electrons. The largest absolute Gasteiger partial charge is 0.456 e. The molecule has 0 aliphatic heterocycles. The van der Waals surface area contributed by atoms with Crippen LogP contribution in [0.1, 0.15) is 25.0 Å². The molecular formula is C56H39N3OS. The maximum Gasteiger partial charge on any atom is 0.135 e. The molecule has 9 aromatic carbocycles. The highest BCUT2D eigenvalue weighted by Crippen LogP contribution is 2.52. The maximum absolute atomic E-state index is 6.28. The fourth-order valence-electron chi connectivity index (χ4n) is 9.64. The van der Waals surface area contributed by atoms with Crippen molar-refractivity contribution >= 4 is 88.4 Å². The van der Waals surface area contributed by atoms with Crippen molar-refractivity contribution in [3.8, 4) is 21.7 Å². The van der Waals surface area contributed by atoms with Gasteiger partial charge in [0.1, 0.15) is 16.2 Å². The van der Waals surface area contributed by atoms with Crippen molar-refractivity contribution in [3.05, 3.63) is 211 Å². The van der Waals surface area contributed by atoms with Gasteiger partial charge < -0.3 is 14.2 Å². The molecule has 2 aromatic heterocycles. The summed E-state index contributed by atoms with van der Waals surface area (Å²) in [4.78, 5) is 9.88. The quantitative estimate of drug-likeness (QED) is 0.161. The molecule has 2 heterocycles. The van der Waals surface area contributed by atoms with Crippen LogP contribution in [0.3, 0.4) is 0 Å². The Hall–Kier alpha value is -7.47. The summed E-state index contributed by atoms with van der Waals surface area (Å²) >= 11 is 1.78. The SMILES string of the molecule is CC1(C)c2ccccc2-c2ccc3c(ccc4nc(-c5ccc(N(c6cccc(N(c7ccccc7)c7ccccc7)c6)c6ccc7oc8ccccc8c7c6)cc5)sc43)c21. The van der Waals surface area contributed by atoms with Gasteiger partial charge in [0.05, 0.1) is 10.2 Å². The van der Waals surface area contributed by atoms with E-state index in [0.29, 0.717) is 0 Å². The fraction of sp³-hybridized carbons (Fsp3) is 0.0536. The number of rotatable bonds is 7. The van der Waals surface area contributed by atoms with Crippen LogP contribution in [-0.2, 0) is 5.41 Å². The molecule has 0 spiro atoms. The first-order valence-corrected chi connectivity index (χ1v) is 21.6. The highest BCUT2D eigenvalue weighted by Gasteiger charge is 2.36. The van der Waals surface area contributed by atoms with E-state index in [2.05, 4.69) is 212 Å². The lowest BCUT2D eigenvalue weighted by Crippen LogP contribution is -2.15. The van der Waals surface area contributed by atoms with Crippen molar-refractivity contribution < 1.29 is 4.42 Å². The average Bonchev–Trinajstić information content (AvgIpc) is 3.98. The lowest BCUT2D eigenvalue weighted by Gasteiger charge is -2.29. The number of para-hydroxylation sites is 3. The number of furan rings is 1. The van der Waals surface area contributed by atoms with Gasteiger partial charge in [-0.1, -0.05) is 117 Å². The number of aromatic nitrogens is 1. The van der Waals surface area contributed by atoms with Gasteiger partial charge in [-0.15, -0.1) is 11.3 Å². The zero-order valence-corrected chi connectivity index (χ0v) is 34.5. The summed E-state index contributed by atoms with van der Waals surface area (Å²) in [6.07, 6.45) is 0. The highest BCUT2D eigenvalue weighted by atomic mass is 32.1. The molecule has 0 atom stereocenters. The van der Waals surface area contributed by atoms with Gasteiger partial charge in [-0.3, -0.25) is 0 Å². The van der Waals surface area contributed by atoms with Crippen LogP contribution in [-0.4, -0.2) is 4.98 Å². The molecule has 4 nitrogen and oxygen atoms in total. The summed E-state index contributed by atoms with van der Waals surface area (Å²) in [6, 6.07) is 71.6. The van der Waals surface area contributed by atoms with Gasteiger partial charge in [0.25, 0.3) is 0 Å². The van der Waals surface area contributed by atoms with Gasteiger partial charge in [-0.05, 0) is 125 Å². The van der Waals surface area contributed by atoms with Crippen molar-refractivity contribution in [1.29, 1.82) is 0 Å². The van der Waals surface area contributed by atoms with E-state index in [9.17, 15) is 0 Å². The third-order valence-corrected chi connectivity index (χ3v) is 13.6. The molecule has 1 aliphatic rings. The molecular weight excluding hydrogens is 763 g/mol. The van der Waals surface area contributed by atoms with Gasteiger partial charge in [-0.2, -0.15) is 0 Å². The first-order valence-electron chi connectivity index (χ1n) is 20.8. The summed E-state index contributed by atoms with van der Waals surface area (Å²) < 4.78 is 7.51. The van der Waals surface area contributed by atoms with E-state index in [1.54, 1.807) is 11.3 Å². The Bertz CT molecular complexity index is 3420. The minimum Gasteiger partial charge on any atom is -0.456 e. The minimum absolute atomic E-state index is 0.0789. The second-order valence-corrected chi connectivity index (χ2v) is 17.4. The smallest absolute Gasteiger partial charge is 0.135 e. The van der Waals surface area contributed by atoms with Crippen molar-refractivity contribution in [3.63, 3.8) is 0 Å². The van der Waals surface area contributed by atoms with Gasteiger partial charge >= 0.3 is 0 Å². The zero-order chi connectivity index (χ0) is 40.7. The number of thiazole rings is 1. The molecule has 5 heteroatoms. The molecule has 0 bridgehead atoms. The monoisotopic (exact) mass is 801 g/mol. The maximum atomic E-state index is 6.28. The Morgan fingerprint density at radius 3 is 1.80 bits per heavy atom. The van der Waals surface area contributed by atoms with Crippen molar-refractivity contribution in [2.75, 3.05) is 9.80 Å². The Kier molecular flexibility index (Phi) is 8.03. The molecule has 12 rings (SSSR count). The normalized spacial score (nSPS) is 12.9. The van der Waals surface area contributed by atoms with E-state index in [0.717, 1.165) is 72.2 Å². The summed E-state index contributed by atoms with van der Waals surface area (Å²) in [5.41, 5.74) is 15.7. The molecule has 0 fully saturated rings. The van der Waals surface area contributed by atoms with Crippen molar-refractivity contribution in [1.82, 2.24) is 4.98 Å². The van der Waals surface area contributed by atoms with Gasteiger partial charge in [0.15, 0.2) is 0 Å². The predicted octanol–water partition coefficient (Wildman–Crippen LogP) is 16.3. The van der Waals surface area contributed by atoms with Crippen LogP contribution < -0.4 is 9.80 Å². The third-order valence-electron chi connectivity index (χ3n) is 12.4. The van der Waals surface area contributed by atoms with Crippen LogP contribution in [0, 0.1) is 0 Å². The van der Waals surface area contributed by atoms with Crippen LogP contribution in [0.25, 0.3) is 64.6 Å². The molecule has 0 radical (unpaired) electrons. The van der Waals surface area contributed by atoms with Crippen LogP contribution in [0.4, 0.5) is 34.1 Å². The van der Waals surface area contributed by atoms with Crippen molar-refractivity contribution in [2.24, 2.45) is 0 Å². The summed E-state index contributed by atoms with van der Waals surface area (Å²) in [6.45, 7) is 4.72. The zero-order valence-electron chi connectivity index (χ0n) is 33.7. The molecule has 11 aromatic rings. The Labute approximate surface area is 358 Å². The second kappa shape index (κ2) is 13.8. The van der Waals surface area contributed by atoms with Crippen LogP contribution in [0.5, 0.6) is 0 Å². The number of hydrogen-bond donors (Lipinski definition) is 0. The third kappa shape index (κ3) is 5.69. The first kappa shape index (κ1) is 35.5. The van der Waals surface area contributed by atoms with Crippen LogP contribution >= 0.6 is 11.3 Å². The van der Waals surface area contributed by atoms with Crippen LogP contribution in [0.2, 0.25) is 0 Å². The number of benzene rings is 9. The van der Waals surface area contributed by atoms with E-state index in [4.69, 9.17) is 9.40 Å². The lowest BCUT2D eigenvalue weighted by molar-refractivity contribution is 0.666. The minimum atomic E-state index is -0.0789. The predicted molar refractivity (Wildman–Crippen MR) is 257 cm³/mol. The van der Waals surface area contributed by atoms with E-state index < -0.39 is 0 Å². The molecule has 61 heavy (non-hydrogen) atoms. The molecule has 1 aliphatic carbocycles. The first-order chi connectivity index (χ1) is 30.0. The molecule has 0 saturated carbocycles. The van der Waals surface area contributed by atoms with E-state index in [1.165, 1.54) is 37.7 Å². The van der Waals surface area contributed by atoms with Gasteiger partial charge in [0.2, 0.25) is 0 Å². The Morgan fingerprint density at radius 2 is 1.03 bits per heavy atom. The fourth-order valence-corrected chi connectivity index (χ4v) is 10.7. The Balaban J connectivity index is 0.972. The molecule has 0 N–H and O–H groups in total. The average molecular weight is 802 g/mol. The summed E-state index contributed by atoms with van der Waals surface area (Å²) in [5, 5.41) is 5.78. The van der Waals surface area contributed by atoms with Crippen LogP contribution in [0.15, 0.2) is 205 Å². The van der Waals surface area contributed by atoms with E-state index in [-0.39, 0.29) is 5.41 Å². The summed E-state index contributed by atoms with van der Waals surface area (Å²) in [7, 11) is 0. The van der Waals surface area contributed by atoms with Gasteiger partial charge in [-0.25, -0.2) is 4.98 Å². The molecule has 0 unspecified atom stereocenters. The topological polar surface area (TPSA) is 32.5 Å². The lowest BCUT2D eigenvalue weighted by atomic mass is 9.80. The summed E-state index contributed by atoms with van der Waals surface area (Å²) in [5.74, 6) is 0. The van der Waals surface area contributed by atoms with E-state index in [1.807, 2.05) is 12.1 Å². The number of hydrogen-bond acceptors (Lipinski definition) is 5. The number of nitrogens with zero attached hydrogens (tertiary/aromatic N) is 3. The second-order valence-electron chi connectivity index (χ2n) is 16.4. The molecule has 0 saturated heterocycles.